The van der Waals surface area contributed by atoms with Crippen LogP contribution in [-0.4, -0.2) is 97.4 Å². The van der Waals surface area contributed by atoms with Gasteiger partial charge in [0.1, 0.15) is 24.6 Å². The minimum absolute atomic E-state index is 0.0477. The zero-order valence-corrected chi connectivity index (χ0v) is 26.2. The van der Waals surface area contributed by atoms with Gasteiger partial charge < -0.3 is 44.5 Å². The fraction of sp³-hybridized carbons (Fsp3) is 0.467. The first-order valence-electron chi connectivity index (χ1n) is 13.7. The van der Waals surface area contributed by atoms with Crippen LogP contribution in [0.25, 0.3) is 0 Å². The second-order valence-electron chi connectivity index (χ2n) is 9.61. The van der Waals surface area contributed by atoms with E-state index in [0.29, 0.717) is 45.0 Å². The molecule has 4 N–H and O–H groups in total. The Morgan fingerprint density at radius 3 is 2.57 bits per heavy atom. The monoisotopic (exact) mass is 698 g/mol. The number of hydrogen-bond donors (Lipinski definition) is 4. The van der Waals surface area contributed by atoms with Gasteiger partial charge in [0.25, 0.3) is 0 Å². The molecule has 0 heterocycles. The molecule has 1 aliphatic carbocycles. The van der Waals surface area contributed by atoms with Crippen LogP contribution in [0.15, 0.2) is 48.0 Å². The molecule has 0 spiro atoms. The van der Waals surface area contributed by atoms with Crippen molar-refractivity contribution in [3.05, 3.63) is 62.7 Å². The summed E-state index contributed by atoms with van der Waals surface area (Å²) in [6.07, 6.45) is -0.176. The molecule has 230 valence electrons. The highest BCUT2D eigenvalue weighted by atomic mass is 127. The fourth-order valence-corrected chi connectivity index (χ4v) is 5.51. The molecule has 0 radical (unpaired) electrons. The minimum atomic E-state index is -1.21. The predicted molar refractivity (Wildman–Crippen MR) is 164 cm³/mol. The highest BCUT2D eigenvalue weighted by Gasteiger charge is 2.41. The van der Waals surface area contributed by atoms with Gasteiger partial charge in [0, 0.05) is 31.7 Å². The number of carbonyl (C=O) groups excluding carboxylic acids is 2. The molecule has 2 amide bonds. The van der Waals surface area contributed by atoms with Crippen LogP contribution in [0, 0.1) is 3.57 Å². The Morgan fingerprint density at radius 2 is 1.90 bits per heavy atom. The van der Waals surface area contributed by atoms with Gasteiger partial charge in [0.15, 0.2) is 11.5 Å². The SMILES string of the molecule is CCOCC(=O)N(CCc1cccc(OC)c1)C1CC(C(=O)NCCO)=CC(Oc2c(I)cc(CO)cc2OC)C1O. The second kappa shape index (κ2) is 16.7. The largest absolute Gasteiger partial charge is 0.497 e. The van der Waals surface area contributed by atoms with Gasteiger partial charge in [-0.25, -0.2) is 0 Å². The number of aliphatic hydroxyl groups is 3. The molecule has 3 atom stereocenters. The number of nitrogens with one attached hydrogen (secondary N) is 1. The zero-order chi connectivity index (χ0) is 30.6. The van der Waals surface area contributed by atoms with E-state index in [0.717, 1.165) is 5.56 Å². The number of amides is 2. The predicted octanol–water partition coefficient (Wildman–Crippen LogP) is 1.82. The third kappa shape index (κ3) is 8.80. The van der Waals surface area contributed by atoms with Gasteiger partial charge in [0.05, 0.1) is 37.0 Å². The van der Waals surface area contributed by atoms with E-state index < -0.39 is 24.2 Å². The van der Waals surface area contributed by atoms with Crippen LogP contribution in [0.4, 0.5) is 0 Å². The van der Waals surface area contributed by atoms with Crippen molar-refractivity contribution in [2.75, 3.05) is 47.1 Å². The van der Waals surface area contributed by atoms with Crippen LogP contribution >= 0.6 is 22.6 Å². The van der Waals surface area contributed by atoms with E-state index in [9.17, 15) is 24.9 Å². The molecule has 0 aromatic heterocycles. The molecule has 0 saturated carbocycles. The lowest BCUT2D eigenvalue weighted by Gasteiger charge is -2.40. The third-order valence-electron chi connectivity index (χ3n) is 6.87. The number of benzene rings is 2. The molecule has 3 rings (SSSR count). The van der Waals surface area contributed by atoms with Crippen LogP contribution in [0.1, 0.15) is 24.5 Å². The number of nitrogens with zero attached hydrogens (tertiary/aromatic N) is 1. The Hall–Kier alpha value is -2.91. The van der Waals surface area contributed by atoms with Gasteiger partial charge in [-0.2, -0.15) is 0 Å². The molecule has 0 saturated heterocycles. The van der Waals surface area contributed by atoms with Crippen LogP contribution in [0.3, 0.4) is 0 Å². The van der Waals surface area contributed by atoms with E-state index in [1.54, 1.807) is 31.1 Å². The van der Waals surface area contributed by atoms with Crippen molar-refractivity contribution in [1.82, 2.24) is 10.2 Å². The van der Waals surface area contributed by atoms with Crippen molar-refractivity contribution < 1.29 is 43.9 Å². The summed E-state index contributed by atoms with van der Waals surface area (Å²) in [5.41, 5.74) is 1.86. The highest BCUT2D eigenvalue weighted by Crippen LogP contribution is 2.37. The van der Waals surface area contributed by atoms with Gasteiger partial charge in [-0.15, -0.1) is 0 Å². The van der Waals surface area contributed by atoms with Crippen molar-refractivity contribution in [3.8, 4) is 17.2 Å². The number of hydrogen-bond acceptors (Lipinski definition) is 9. The van der Waals surface area contributed by atoms with Gasteiger partial charge in [-0.1, -0.05) is 12.1 Å². The van der Waals surface area contributed by atoms with Crippen molar-refractivity contribution in [3.63, 3.8) is 0 Å². The average molecular weight is 699 g/mol. The van der Waals surface area contributed by atoms with E-state index in [1.165, 1.54) is 13.2 Å². The molecule has 1 aliphatic rings. The molecular formula is C30H39IN2O9. The quantitative estimate of drug-likeness (QED) is 0.205. The van der Waals surface area contributed by atoms with E-state index in [2.05, 4.69) is 27.9 Å². The summed E-state index contributed by atoms with van der Waals surface area (Å²) < 4.78 is 23.2. The molecule has 12 heteroatoms. The standard InChI is InChI=1S/C30H39IN2O9/c1-4-41-18-27(36)33(10-8-19-6-5-7-22(12-19)39-2)24-15-21(30(38)32-9-11-34)16-25(28(24)37)42-29-23(31)13-20(17-35)14-26(29)40-3/h5-7,12-14,16,24-25,28,34-35,37H,4,8-11,15,17-18H2,1-3H3,(H,32,38). The van der Waals surface area contributed by atoms with Gasteiger partial charge >= 0.3 is 0 Å². The van der Waals surface area contributed by atoms with E-state index >= 15 is 0 Å². The molecular weight excluding hydrogens is 659 g/mol. The maximum absolute atomic E-state index is 13.5. The Morgan fingerprint density at radius 1 is 1.12 bits per heavy atom. The van der Waals surface area contributed by atoms with Gasteiger partial charge in [-0.05, 0) is 77.4 Å². The number of rotatable bonds is 15. The van der Waals surface area contributed by atoms with Crippen molar-refractivity contribution in [2.45, 2.75) is 44.6 Å². The topological polar surface area (TPSA) is 147 Å². The fourth-order valence-electron chi connectivity index (χ4n) is 4.72. The Balaban J connectivity index is 1.99. The van der Waals surface area contributed by atoms with Crippen molar-refractivity contribution >= 4 is 34.4 Å². The Labute approximate surface area is 259 Å². The number of aliphatic hydroxyl groups excluding tert-OH is 3. The molecule has 42 heavy (non-hydrogen) atoms. The molecule has 0 bridgehead atoms. The van der Waals surface area contributed by atoms with E-state index in [4.69, 9.17) is 18.9 Å². The van der Waals surface area contributed by atoms with E-state index in [1.807, 2.05) is 24.3 Å². The normalized spacial score (nSPS) is 18.2. The van der Waals surface area contributed by atoms with Crippen molar-refractivity contribution in [1.29, 1.82) is 0 Å². The second-order valence-corrected chi connectivity index (χ2v) is 10.8. The lowest BCUT2D eigenvalue weighted by molar-refractivity contribution is -0.143. The summed E-state index contributed by atoms with van der Waals surface area (Å²) in [5, 5.41) is 33.2. The number of ether oxygens (including phenoxy) is 4. The Kier molecular flexibility index (Phi) is 13.3. The summed E-state index contributed by atoms with van der Waals surface area (Å²) >= 11 is 2.05. The van der Waals surface area contributed by atoms with Gasteiger partial charge in [0.2, 0.25) is 11.8 Å². The molecule has 0 fully saturated rings. The lowest BCUT2D eigenvalue weighted by atomic mass is 9.88. The van der Waals surface area contributed by atoms with Crippen LogP contribution in [-0.2, 0) is 27.4 Å². The number of carbonyl (C=O) groups is 2. The lowest BCUT2D eigenvalue weighted by Crippen LogP contribution is -2.56. The summed E-state index contributed by atoms with van der Waals surface area (Å²) in [6.45, 7) is 1.80. The summed E-state index contributed by atoms with van der Waals surface area (Å²) in [7, 11) is 3.05. The third-order valence-corrected chi connectivity index (χ3v) is 7.67. The first-order valence-corrected chi connectivity index (χ1v) is 14.8. The summed E-state index contributed by atoms with van der Waals surface area (Å²) in [6, 6.07) is 10.0. The molecule has 3 unspecified atom stereocenters. The molecule has 2 aromatic rings. The summed E-state index contributed by atoms with van der Waals surface area (Å²) in [4.78, 5) is 28.1. The Bertz CT molecular complexity index is 1240. The van der Waals surface area contributed by atoms with Crippen LogP contribution in [0.2, 0.25) is 0 Å². The number of halogens is 1. The molecule has 11 nitrogen and oxygen atoms in total. The first-order chi connectivity index (χ1) is 20.3. The smallest absolute Gasteiger partial charge is 0.248 e. The van der Waals surface area contributed by atoms with Crippen LogP contribution in [0.5, 0.6) is 17.2 Å². The van der Waals surface area contributed by atoms with Crippen molar-refractivity contribution in [2.24, 2.45) is 0 Å². The van der Waals surface area contributed by atoms with Crippen LogP contribution < -0.4 is 19.5 Å². The molecule has 0 aliphatic heterocycles. The maximum Gasteiger partial charge on any atom is 0.248 e. The maximum atomic E-state index is 13.5. The number of methoxy groups -OCH3 is 2. The highest BCUT2D eigenvalue weighted by molar-refractivity contribution is 14.1. The van der Waals surface area contributed by atoms with E-state index in [-0.39, 0.29) is 45.2 Å². The minimum Gasteiger partial charge on any atom is -0.497 e. The zero-order valence-electron chi connectivity index (χ0n) is 24.0. The van der Waals surface area contributed by atoms with Gasteiger partial charge in [-0.3, -0.25) is 9.59 Å². The first kappa shape index (κ1) is 33.6. The molecule has 2 aromatic carbocycles. The average Bonchev–Trinajstić information content (AvgIpc) is 3.00. The summed E-state index contributed by atoms with van der Waals surface area (Å²) in [5.74, 6) is 0.598.